The van der Waals surface area contributed by atoms with Crippen LogP contribution in [0.5, 0.6) is 5.75 Å². The van der Waals surface area contributed by atoms with E-state index in [2.05, 4.69) is 25.2 Å². The highest BCUT2D eigenvalue weighted by Crippen LogP contribution is 2.32. The molecule has 0 aliphatic carbocycles. The number of phenolic OH excluding ortho intramolecular Hbond substituents is 1. The van der Waals surface area contributed by atoms with Crippen LogP contribution in [0, 0.1) is 0 Å². The summed E-state index contributed by atoms with van der Waals surface area (Å²) < 4.78 is 0. The number of phenols is 1. The Morgan fingerprint density at radius 2 is 1.11 bits per heavy atom. The molecule has 0 aromatic heterocycles. The predicted octanol–water partition coefficient (Wildman–Crippen LogP) is 3.66. The molecule has 1 radical (unpaired) electrons. The van der Waals surface area contributed by atoms with Crippen LogP contribution in [0.4, 0.5) is 0 Å². The van der Waals surface area contributed by atoms with E-state index in [1.54, 1.807) is 0 Å². The third kappa shape index (κ3) is 1.53. The summed E-state index contributed by atoms with van der Waals surface area (Å²) in [5, 5.41) is 16.2. The quantitative estimate of drug-likeness (QED) is 0.517. The van der Waals surface area contributed by atoms with Crippen LogP contribution >= 0.6 is 0 Å². The monoisotopic (exact) mass is 251 g/mol. The van der Waals surface area contributed by atoms with Crippen LogP contribution in [0.15, 0.2) is 48.5 Å². The highest BCUT2D eigenvalue weighted by atomic mass is 28.3. The van der Waals surface area contributed by atoms with Crippen LogP contribution in [0.3, 0.4) is 0 Å². The van der Waals surface area contributed by atoms with Crippen molar-refractivity contribution in [3.05, 3.63) is 48.5 Å². The van der Waals surface area contributed by atoms with Crippen molar-refractivity contribution in [2.75, 3.05) is 0 Å². The Balaban J connectivity index is 2.63. The van der Waals surface area contributed by atoms with Crippen molar-refractivity contribution in [3.63, 3.8) is 0 Å². The molecule has 0 unspecified atom stereocenters. The van der Waals surface area contributed by atoms with Gasteiger partial charge < -0.3 is 5.11 Å². The number of hydrogen-bond acceptors (Lipinski definition) is 1. The molecule has 3 aromatic carbocycles. The molecule has 0 amide bonds. The van der Waals surface area contributed by atoms with E-state index < -0.39 is 8.80 Å². The van der Waals surface area contributed by atoms with Gasteiger partial charge in [0, 0.05) is 10.8 Å². The Bertz CT molecular complexity index is 675. The Morgan fingerprint density at radius 1 is 0.722 bits per heavy atom. The second kappa shape index (κ2) is 4.14. The first kappa shape index (κ1) is 11.3. The average molecular weight is 251 g/mol. The number of benzene rings is 3. The molecule has 0 atom stereocenters. The normalized spacial score (nSPS) is 11.5. The van der Waals surface area contributed by atoms with Crippen molar-refractivity contribution >= 4 is 35.5 Å². The molecular formula is C16H15OSi. The molecule has 1 nitrogen and oxygen atoms in total. The Morgan fingerprint density at radius 3 is 1.50 bits per heavy atom. The molecular weight excluding hydrogens is 236 g/mol. The smallest absolute Gasteiger partial charge is 0.131 e. The lowest BCUT2D eigenvalue weighted by Crippen LogP contribution is -2.24. The molecule has 3 rings (SSSR count). The molecule has 0 heterocycles. The first-order valence-electron chi connectivity index (χ1n) is 6.13. The minimum absolute atomic E-state index is 0.410. The van der Waals surface area contributed by atoms with E-state index >= 15 is 0 Å². The third-order valence-electron chi connectivity index (χ3n) is 3.40. The third-order valence-corrected chi connectivity index (χ3v) is 4.94. The standard InChI is InChI=1S/C16H15OSi/c1-18(2)16-13-9-5-3-7-11(13)15(17)12-8-4-6-10-14(12)16/h3-10,17H,1-2H3. The Hall–Kier alpha value is -1.80. The highest BCUT2D eigenvalue weighted by molar-refractivity contribution is 6.76. The van der Waals surface area contributed by atoms with Gasteiger partial charge in [-0.3, -0.25) is 0 Å². The van der Waals surface area contributed by atoms with Crippen molar-refractivity contribution in [2.24, 2.45) is 0 Å². The molecule has 0 saturated carbocycles. The molecule has 2 heteroatoms. The number of aromatic hydroxyl groups is 1. The lowest BCUT2D eigenvalue weighted by Gasteiger charge is -2.15. The van der Waals surface area contributed by atoms with E-state index in [1.165, 1.54) is 16.0 Å². The van der Waals surface area contributed by atoms with Crippen LogP contribution < -0.4 is 5.19 Å². The fraction of sp³-hybridized carbons (Fsp3) is 0.125. The van der Waals surface area contributed by atoms with Crippen molar-refractivity contribution in [3.8, 4) is 5.75 Å². The van der Waals surface area contributed by atoms with Gasteiger partial charge in [0.05, 0.1) is 8.80 Å². The minimum Gasteiger partial charge on any atom is -0.507 e. The first-order chi connectivity index (χ1) is 8.70. The Kier molecular flexibility index (Phi) is 2.60. The van der Waals surface area contributed by atoms with Gasteiger partial charge in [0.1, 0.15) is 5.75 Å². The molecule has 18 heavy (non-hydrogen) atoms. The number of hydrogen-bond donors (Lipinski definition) is 1. The SMILES string of the molecule is C[Si](C)c1c2ccccc2c(O)c2ccccc12. The maximum atomic E-state index is 10.4. The molecule has 3 aromatic rings. The molecule has 89 valence electrons. The summed E-state index contributed by atoms with van der Waals surface area (Å²) in [6, 6.07) is 16.3. The summed E-state index contributed by atoms with van der Waals surface area (Å²) >= 11 is 0. The second-order valence-electron chi connectivity index (χ2n) is 4.81. The number of rotatable bonds is 1. The van der Waals surface area contributed by atoms with E-state index in [-0.39, 0.29) is 0 Å². The molecule has 1 N–H and O–H groups in total. The van der Waals surface area contributed by atoms with Crippen LogP contribution in [-0.2, 0) is 0 Å². The van der Waals surface area contributed by atoms with Crippen LogP contribution in [-0.4, -0.2) is 13.9 Å². The summed E-state index contributed by atoms with van der Waals surface area (Å²) in [7, 11) is -0.590. The van der Waals surface area contributed by atoms with E-state index in [9.17, 15) is 5.11 Å². The van der Waals surface area contributed by atoms with Crippen molar-refractivity contribution in [2.45, 2.75) is 13.1 Å². The second-order valence-corrected chi connectivity index (χ2v) is 7.31. The van der Waals surface area contributed by atoms with E-state index in [0.717, 1.165) is 10.8 Å². The zero-order chi connectivity index (χ0) is 12.7. The molecule has 0 aliphatic rings. The van der Waals surface area contributed by atoms with Gasteiger partial charge >= 0.3 is 0 Å². The highest BCUT2D eigenvalue weighted by Gasteiger charge is 2.15. The summed E-state index contributed by atoms with van der Waals surface area (Å²) in [4.78, 5) is 0. The lowest BCUT2D eigenvalue weighted by molar-refractivity contribution is 0.488. The topological polar surface area (TPSA) is 20.2 Å². The van der Waals surface area contributed by atoms with Gasteiger partial charge in [-0.15, -0.1) is 0 Å². The maximum absolute atomic E-state index is 10.4. The molecule has 0 saturated heterocycles. The number of fused-ring (bicyclic) bond motifs is 2. The predicted molar refractivity (Wildman–Crippen MR) is 80.2 cm³/mol. The first-order valence-corrected chi connectivity index (χ1v) is 8.63. The van der Waals surface area contributed by atoms with Gasteiger partial charge in [-0.2, -0.15) is 0 Å². The van der Waals surface area contributed by atoms with Crippen LogP contribution in [0.1, 0.15) is 0 Å². The fourth-order valence-electron chi connectivity index (χ4n) is 2.64. The lowest BCUT2D eigenvalue weighted by atomic mass is 10.0. The zero-order valence-corrected chi connectivity index (χ0v) is 11.6. The summed E-state index contributed by atoms with van der Waals surface area (Å²) in [6.45, 7) is 4.60. The Labute approximate surface area is 108 Å². The van der Waals surface area contributed by atoms with Crippen molar-refractivity contribution < 1.29 is 5.11 Å². The average Bonchev–Trinajstić information content (AvgIpc) is 2.39. The molecule has 0 bridgehead atoms. The largest absolute Gasteiger partial charge is 0.507 e. The van der Waals surface area contributed by atoms with Gasteiger partial charge in [-0.25, -0.2) is 0 Å². The van der Waals surface area contributed by atoms with Crippen LogP contribution in [0.25, 0.3) is 21.5 Å². The maximum Gasteiger partial charge on any atom is 0.131 e. The fourth-order valence-corrected chi connectivity index (χ4v) is 4.16. The molecule has 0 spiro atoms. The summed E-state index contributed by atoms with van der Waals surface area (Å²) in [5.74, 6) is 0.410. The summed E-state index contributed by atoms with van der Waals surface area (Å²) in [6.07, 6.45) is 0. The van der Waals surface area contributed by atoms with Gasteiger partial charge in [0.25, 0.3) is 0 Å². The van der Waals surface area contributed by atoms with Crippen LogP contribution in [0.2, 0.25) is 13.1 Å². The van der Waals surface area contributed by atoms with Gasteiger partial charge in [0.15, 0.2) is 0 Å². The van der Waals surface area contributed by atoms with Crippen molar-refractivity contribution in [1.82, 2.24) is 0 Å². The van der Waals surface area contributed by atoms with Gasteiger partial charge in [0.2, 0.25) is 0 Å². The summed E-state index contributed by atoms with van der Waals surface area (Å²) in [5.41, 5.74) is 0. The van der Waals surface area contributed by atoms with E-state index in [0.29, 0.717) is 5.75 Å². The molecule has 0 aliphatic heterocycles. The van der Waals surface area contributed by atoms with Gasteiger partial charge in [-0.05, 0) is 16.0 Å². The van der Waals surface area contributed by atoms with Crippen molar-refractivity contribution in [1.29, 1.82) is 0 Å². The minimum atomic E-state index is -0.590. The zero-order valence-electron chi connectivity index (χ0n) is 10.6. The van der Waals surface area contributed by atoms with E-state index in [4.69, 9.17) is 0 Å². The van der Waals surface area contributed by atoms with E-state index in [1.807, 2.05) is 36.4 Å². The van der Waals surface area contributed by atoms with Gasteiger partial charge in [-0.1, -0.05) is 61.6 Å². The molecule has 0 fully saturated rings.